The summed E-state index contributed by atoms with van der Waals surface area (Å²) in [5.74, 6) is -4.70. The first-order chi connectivity index (χ1) is 11.6. The molecule has 25 heavy (non-hydrogen) atoms. The van der Waals surface area contributed by atoms with Crippen molar-refractivity contribution in [3.63, 3.8) is 0 Å². The fourth-order valence-corrected chi connectivity index (χ4v) is 2.48. The molecule has 1 aromatic rings. The van der Waals surface area contributed by atoms with Gasteiger partial charge in [0.25, 0.3) is 5.69 Å². The predicted molar refractivity (Wildman–Crippen MR) is 84.3 cm³/mol. The van der Waals surface area contributed by atoms with Gasteiger partial charge in [0.15, 0.2) is 17.0 Å². The van der Waals surface area contributed by atoms with Crippen LogP contribution in [0, 0.1) is 15.5 Å². The highest BCUT2D eigenvalue weighted by atomic mass is 16.6. The van der Waals surface area contributed by atoms with E-state index in [2.05, 4.69) is 0 Å². The molecule has 0 bridgehead atoms. The van der Waals surface area contributed by atoms with Crippen LogP contribution in [0.25, 0.3) is 0 Å². The number of carboxylic acids is 2. The number of ketones is 2. The average molecular weight is 351 g/mol. The quantitative estimate of drug-likeness (QED) is 0.214. The smallest absolute Gasteiger partial charge is 0.325 e. The number of nitrogens with zero attached hydrogens (tertiary/aromatic N) is 1. The summed E-state index contributed by atoms with van der Waals surface area (Å²) in [7, 11) is 0. The first-order valence-electron chi connectivity index (χ1n) is 7.38. The standard InChI is InChI=1S/C16H17NO8/c1-10(18)16(15(22)23,8-3-2-7-13(19)20)14(21)11-5-4-6-12(9-11)17(24)25/h4-6,9H,2-3,7-8H2,1H3,(H,19,20)(H,22,23). The molecule has 1 atom stereocenters. The third kappa shape index (κ3) is 4.46. The van der Waals surface area contributed by atoms with Gasteiger partial charge in [0, 0.05) is 24.1 Å². The van der Waals surface area contributed by atoms with Gasteiger partial charge in [0.05, 0.1) is 4.92 Å². The molecule has 9 heteroatoms. The van der Waals surface area contributed by atoms with Crippen LogP contribution in [-0.2, 0) is 14.4 Å². The average Bonchev–Trinajstić information content (AvgIpc) is 2.53. The van der Waals surface area contributed by atoms with Crippen molar-refractivity contribution < 1.29 is 34.3 Å². The molecule has 0 saturated heterocycles. The number of rotatable bonds is 10. The first kappa shape index (κ1) is 19.9. The first-order valence-corrected chi connectivity index (χ1v) is 7.38. The third-order valence-corrected chi connectivity index (χ3v) is 3.87. The molecule has 0 saturated carbocycles. The summed E-state index contributed by atoms with van der Waals surface area (Å²) in [6, 6.07) is 4.48. The van der Waals surface area contributed by atoms with Crippen molar-refractivity contribution in [3.05, 3.63) is 39.9 Å². The van der Waals surface area contributed by atoms with Crippen LogP contribution in [0.2, 0.25) is 0 Å². The fraction of sp³-hybridized carbons (Fsp3) is 0.375. The Morgan fingerprint density at radius 1 is 1.16 bits per heavy atom. The second-order valence-electron chi connectivity index (χ2n) is 5.50. The summed E-state index contributed by atoms with van der Waals surface area (Å²) in [6.07, 6.45) is -0.482. The number of unbranched alkanes of at least 4 members (excludes halogenated alkanes) is 1. The molecule has 1 unspecified atom stereocenters. The Kier molecular flexibility index (Phi) is 6.49. The summed E-state index contributed by atoms with van der Waals surface area (Å²) in [4.78, 5) is 57.1. The van der Waals surface area contributed by atoms with E-state index < -0.39 is 39.5 Å². The van der Waals surface area contributed by atoms with Crippen molar-refractivity contribution in [2.45, 2.75) is 32.6 Å². The Balaban J connectivity index is 3.22. The molecule has 2 N–H and O–H groups in total. The van der Waals surface area contributed by atoms with Crippen LogP contribution in [0.5, 0.6) is 0 Å². The summed E-state index contributed by atoms with van der Waals surface area (Å²) in [5, 5.41) is 29.0. The highest BCUT2D eigenvalue weighted by Crippen LogP contribution is 2.32. The minimum atomic E-state index is -2.40. The number of Topliss-reactive ketones (excluding diaryl/α,β-unsaturated/α-hetero) is 2. The zero-order chi connectivity index (χ0) is 19.2. The highest BCUT2D eigenvalue weighted by molar-refractivity contribution is 6.26. The van der Waals surface area contributed by atoms with Gasteiger partial charge in [0.1, 0.15) is 0 Å². The normalized spacial score (nSPS) is 12.8. The minimum absolute atomic E-state index is 0.0266. The Hall–Kier alpha value is -3.10. The number of hydrogen-bond donors (Lipinski definition) is 2. The van der Waals surface area contributed by atoms with Gasteiger partial charge in [-0.1, -0.05) is 18.6 Å². The van der Waals surface area contributed by atoms with Gasteiger partial charge in [-0.25, -0.2) is 0 Å². The molecule has 0 fully saturated rings. The maximum atomic E-state index is 12.7. The Bertz CT molecular complexity index is 711. The maximum Gasteiger partial charge on any atom is 0.325 e. The van der Waals surface area contributed by atoms with E-state index in [0.717, 1.165) is 19.1 Å². The van der Waals surface area contributed by atoms with Crippen molar-refractivity contribution in [2.24, 2.45) is 5.41 Å². The molecule has 0 aliphatic heterocycles. The molecule has 134 valence electrons. The molecule has 0 heterocycles. The SMILES string of the molecule is CC(=O)C(CCCCC(=O)O)(C(=O)O)C(=O)c1cccc([N+](=O)[O-])c1. The van der Waals surface area contributed by atoms with Crippen LogP contribution in [0.4, 0.5) is 5.69 Å². The number of nitro groups is 1. The maximum absolute atomic E-state index is 12.7. The number of nitro benzene ring substituents is 1. The van der Waals surface area contributed by atoms with Gasteiger partial charge in [0.2, 0.25) is 0 Å². The molecular weight excluding hydrogens is 334 g/mol. The summed E-state index contributed by atoms with van der Waals surface area (Å²) < 4.78 is 0. The lowest BCUT2D eigenvalue weighted by Crippen LogP contribution is -2.45. The Labute approximate surface area is 142 Å². The number of hydrogen-bond acceptors (Lipinski definition) is 6. The van der Waals surface area contributed by atoms with Crippen LogP contribution in [-0.4, -0.2) is 38.6 Å². The largest absolute Gasteiger partial charge is 0.481 e. The molecule has 0 spiro atoms. The van der Waals surface area contributed by atoms with Gasteiger partial charge in [-0.15, -0.1) is 0 Å². The fourth-order valence-electron chi connectivity index (χ4n) is 2.48. The molecule has 0 radical (unpaired) electrons. The van der Waals surface area contributed by atoms with E-state index in [4.69, 9.17) is 5.11 Å². The zero-order valence-corrected chi connectivity index (χ0v) is 13.4. The summed E-state index contributed by atoms with van der Waals surface area (Å²) in [5.41, 5.74) is -3.06. The van der Waals surface area contributed by atoms with Gasteiger partial charge in [-0.2, -0.15) is 0 Å². The van der Waals surface area contributed by atoms with Crippen LogP contribution < -0.4 is 0 Å². The van der Waals surface area contributed by atoms with E-state index in [1.807, 2.05) is 0 Å². The molecule has 9 nitrogen and oxygen atoms in total. The van der Waals surface area contributed by atoms with Crippen molar-refractivity contribution in [1.29, 1.82) is 0 Å². The van der Waals surface area contributed by atoms with E-state index in [-0.39, 0.29) is 31.2 Å². The number of non-ortho nitro benzene ring substituents is 1. The van der Waals surface area contributed by atoms with Crippen molar-refractivity contribution in [1.82, 2.24) is 0 Å². The molecule has 0 aliphatic carbocycles. The number of aliphatic carboxylic acids is 2. The molecule has 0 amide bonds. The second-order valence-corrected chi connectivity index (χ2v) is 5.50. The molecule has 0 aliphatic rings. The zero-order valence-electron chi connectivity index (χ0n) is 13.4. The van der Waals surface area contributed by atoms with E-state index in [1.54, 1.807) is 0 Å². The van der Waals surface area contributed by atoms with Crippen molar-refractivity contribution in [2.75, 3.05) is 0 Å². The van der Waals surface area contributed by atoms with E-state index in [9.17, 15) is 34.4 Å². The lowest BCUT2D eigenvalue weighted by molar-refractivity contribution is -0.384. The topological polar surface area (TPSA) is 152 Å². The van der Waals surface area contributed by atoms with E-state index in [0.29, 0.717) is 0 Å². The van der Waals surface area contributed by atoms with Gasteiger partial charge < -0.3 is 10.2 Å². The summed E-state index contributed by atoms with van der Waals surface area (Å²) >= 11 is 0. The third-order valence-electron chi connectivity index (χ3n) is 3.87. The van der Waals surface area contributed by atoms with Crippen LogP contribution in [0.15, 0.2) is 24.3 Å². The van der Waals surface area contributed by atoms with Gasteiger partial charge in [-0.05, 0) is 19.8 Å². The van der Waals surface area contributed by atoms with Crippen molar-refractivity contribution >= 4 is 29.2 Å². The second kappa shape index (κ2) is 8.13. The van der Waals surface area contributed by atoms with Crippen LogP contribution >= 0.6 is 0 Å². The highest BCUT2D eigenvalue weighted by Gasteiger charge is 2.50. The molecular formula is C16H17NO8. The Morgan fingerprint density at radius 2 is 1.80 bits per heavy atom. The van der Waals surface area contributed by atoms with E-state index >= 15 is 0 Å². The number of carboxylic acid groups (broad SMARTS) is 2. The lowest BCUT2D eigenvalue weighted by atomic mass is 9.73. The Morgan fingerprint density at radius 3 is 2.28 bits per heavy atom. The predicted octanol–water partition coefficient (Wildman–Crippen LogP) is 2.08. The van der Waals surface area contributed by atoms with Gasteiger partial charge in [-0.3, -0.25) is 29.3 Å². The van der Waals surface area contributed by atoms with Crippen molar-refractivity contribution in [3.8, 4) is 0 Å². The number of benzene rings is 1. The monoisotopic (exact) mass is 351 g/mol. The molecule has 0 aromatic heterocycles. The molecule has 1 aromatic carbocycles. The van der Waals surface area contributed by atoms with E-state index in [1.165, 1.54) is 12.1 Å². The summed E-state index contributed by atoms with van der Waals surface area (Å²) in [6.45, 7) is 0.959. The van der Waals surface area contributed by atoms with Crippen LogP contribution in [0.1, 0.15) is 43.0 Å². The van der Waals surface area contributed by atoms with Gasteiger partial charge >= 0.3 is 11.9 Å². The van der Waals surface area contributed by atoms with Crippen LogP contribution in [0.3, 0.4) is 0 Å². The lowest BCUT2D eigenvalue weighted by Gasteiger charge is -2.25. The number of carbonyl (C=O) groups excluding carboxylic acids is 2. The minimum Gasteiger partial charge on any atom is -0.481 e. The molecule has 1 rings (SSSR count). The number of carbonyl (C=O) groups is 4.